The van der Waals surface area contributed by atoms with Crippen LogP contribution < -0.4 is 0 Å². The van der Waals surface area contributed by atoms with E-state index in [1.165, 1.54) is 0 Å². The number of halogens is 1. The summed E-state index contributed by atoms with van der Waals surface area (Å²) in [6, 6.07) is 7.64. The summed E-state index contributed by atoms with van der Waals surface area (Å²) in [6.07, 6.45) is 0. The van der Waals surface area contributed by atoms with Crippen LogP contribution in [0.1, 0.15) is 17.3 Å². The predicted octanol–water partition coefficient (Wildman–Crippen LogP) is 2.40. The highest BCUT2D eigenvalue weighted by Gasteiger charge is 2.16. The predicted molar refractivity (Wildman–Crippen MR) is 72.6 cm³/mol. The largest absolute Gasteiger partial charge is 0.383 e. The number of hydrogen-bond acceptors (Lipinski definition) is 2. The third-order valence-corrected chi connectivity index (χ3v) is 3.20. The van der Waals surface area contributed by atoms with Gasteiger partial charge in [0, 0.05) is 23.3 Å². The first-order valence-electron chi connectivity index (χ1n) is 5.08. The summed E-state index contributed by atoms with van der Waals surface area (Å²) in [5, 5.41) is 0. The van der Waals surface area contributed by atoms with Crippen molar-refractivity contribution in [2.45, 2.75) is 13.0 Å². The van der Waals surface area contributed by atoms with Crippen LogP contribution in [0.3, 0.4) is 0 Å². The van der Waals surface area contributed by atoms with Crippen LogP contribution in [0, 0.1) is 3.57 Å². The van der Waals surface area contributed by atoms with E-state index >= 15 is 0 Å². The van der Waals surface area contributed by atoms with Crippen LogP contribution in [-0.2, 0) is 4.74 Å². The molecule has 1 aromatic carbocycles. The van der Waals surface area contributed by atoms with Crippen molar-refractivity contribution < 1.29 is 9.53 Å². The highest BCUT2D eigenvalue weighted by Crippen LogP contribution is 2.10. The molecule has 0 saturated heterocycles. The number of amides is 1. The molecule has 1 aromatic rings. The average molecular weight is 333 g/mol. The maximum absolute atomic E-state index is 12.0. The quantitative estimate of drug-likeness (QED) is 0.792. The highest BCUT2D eigenvalue weighted by atomic mass is 127. The fourth-order valence-electron chi connectivity index (χ4n) is 1.35. The Morgan fingerprint density at radius 3 is 2.50 bits per heavy atom. The molecular formula is C12H16INO2. The van der Waals surface area contributed by atoms with Crippen LogP contribution in [0.4, 0.5) is 0 Å². The number of ether oxygens (including phenoxy) is 1. The zero-order valence-corrected chi connectivity index (χ0v) is 11.9. The number of benzene rings is 1. The first-order valence-corrected chi connectivity index (χ1v) is 6.15. The smallest absolute Gasteiger partial charge is 0.253 e. The normalized spacial score (nSPS) is 12.2. The van der Waals surface area contributed by atoms with Crippen molar-refractivity contribution in [2.24, 2.45) is 0 Å². The molecule has 0 fully saturated rings. The average Bonchev–Trinajstić information content (AvgIpc) is 2.28. The van der Waals surface area contributed by atoms with Gasteiger partial charge in [0.1, 0.15) is 0 Å². The molecule has 3 nitrogen and oxygen atoms in total. The minimum absolute atomic E-state index is 0.0287. The van der Waals surface area contributed by atoms with Crippen LogP contribution in [-0.4, -0.2) is 37.6 Å². The molecule has 16 heavy (non-hydrogen) atoms. The Hall–Kier alpha value is -0.620. The summed E-state index contributed by atoms with van der Waals surface area (Å²) in [7, 11) is 3.43. The molecule has 0 heterocycles. The third kappa shape index (κ3) is 3.45. The summed E-state index contributed by atoms with van der Waals surface area (Å²) in [4.78, 5) is 13.7. The molecule has 1 amide bonds. The Kier molecular flexibility index (Phi) is 5.21. The summed E-state index contributed by atoms with van der Waals surface area (Å²) >= 11 is 2.22. The molecule has 0 N–H and O–H groups in total. The van der Waals surface area contributed by atoms with Gasteiger partial charge in [-0.1, -0.05) is 0 Å². The molecule has 0 aliphatic rings. The van der Waals surface area contributed by atoms with E-state index in [0.717, 1.165) is 3.57 Å². The lowest BCUT2D eigenvalue weighted by Crippen LogP contribution is -2.37. The van der Waals surface area contributed by atoms with Gasteiger partial charge in [0.2, 0.25) is 0 Å². The van der Waals surface area contributed by atoms with Crippen LogP contribution in [0.5, 0.6) is 0 Å². The van der Waals surface area contributed by atoms with E-state index in [1.807, 2.05) is 31.2 Å². The second-order valence-corrected chi connectivity index (χ2v) is 4.97. The molecule has 0 bridgehead atoms. The molecule has 88 valence electrons. The first kappa shape index (κ1) is 13.4. The van der Waals surface area contributed by atoms with Crippen molar-refractivity contribution in [3.8, 4) is 0 Å². The summed E-state index contributed by atoms with van der Waals surface area (Å²) in [5.41, 5.74) is 0.714. The van der Waals surface area contributed by atoms with Crippen molar-refractivity contribution >= 4 is 28.5 Å². The van der Waals surface area contributed by atoms with Gasteiger partial charge in [-0.05, 0) is 53.8 Å². The number of carbonyl (C=O) groups excluding carboxylic acids is 1. The molecule has 1 unspecified atom stereocenters. The molecule has 0 aromatic heterocycles. The first-order chi connectivity index (χ1) is 7.56. The monoisotopic (exact) mass is 333 g/mol. The van der Waals surface area contributed by atoms with E-state index in [1.54, 1.807) is 19.1 Å². The fraction of sp³-hybridized carbons (Fsp3) is 0.417. The van der Waals surface area contributed by atoms with Gasteiger partial charge in [0.15, 0.2) is 0 Å². The second kappa shape index (κ2) is 6.20. The molecule has 1 atom stereocenters. The number of carbonyl (C=O) groups is 1. The minimum Gasteiger partial charge on any atom is -0.383 e. The molecule has 0 aliphatic carbocycles. The number of methoxy groups -OCH3 is 1. The minimum atomic E-state index is 0.0287. The van der Waals surface area contributed by atoms with Crippen molar-refractivity contribution in [2.75, 3.05) is 20.8 Å². The SMILES string of the molecule is COCC(C)N(C)C(=O)c1ccc(I)cc1. The lowest BCUT2D eigenvalue weighted by Gasteiger charge is -2.24. The van der Waals surface area contributed by atoms with Gasteiger partial charge in [-0.3, -0.25) is 4.79 Å². The Bertz CT molecular complexity index is 351. The molecule has 0 saturated carbocycles. The molecule has 1 rings (SSSR count). The molecule has 0 radical (unpaired) electrons. The number of likely N-dealkylation sites (N-methyl/N-ethyl adjacent to an activating group) is 1. The zero-order chi connectivity index (χ0) is 12.1. The van der Waals surface area contributed by atoms with E-state index in [9.17, 15) is 4.79 Å². The van der Waals surface area contributed by atoms with Crippen LogP contribution in [0.25, 0.3) is 0 Å². The summed E-state index contributed by atoms with van der Waals surface area (Å²) < 4.78 is 6.16. The van der Waals surface area contributed by atoms with E-state index in [4.69, 9.17) is 4.74 Å². The number of hydrogen-bond donors (Lipinski definition) is 0. The van der Waals surface area contributed by atoms with Gasteiger partial charge in [-0.15, -0.1) is 0 Å². The van der Waals surface area contributed by atoms with E-state index in [0.29, 0.717) is 12.2 Å². The van der Waals surface area contributed by atoms with Crippen molar-refractivity contribution in [1.29, 1.82) is 0 Å². The maximum atomic E-state index is 12.0. The van der Waals surface area contributed by atoms with Crippen LogP contribution in [0.2, 0.25) is 0 Å². The fourth-order valence-corrected chi connectivity index (χ4v) is 1.71. The van der Waals surface area contributed by atoms with Gasteiger partial charge in [-0.2, -0.15) is 0 Å². The topological polar surface area (TPSA) is 29.5 Å². The Balaban J connectivity index is 2.73. The van der Waals surface area contributed by atoms with Gasteiger partial charge in [0.05, 0.1) is 12.6 Å². The Morgan fingerprint density at radius 2 is 2.00 bits per heavy atom. The van der Waals surface area contributed by atoms with Gasteiger partial charge in [-0.25, -0.2) is 0 Å². The highest BCUT2D eigenvalue weighted by molar-refractivity contribution is 14.1. The van der Waals surface area contributed by atoms with Gasteiger partial charge < -0.3 is 9.64 Å². The van der Waals surface area contributed by atoms with E-state index < -0.39 is 0 Å². The summed E-state index contributed by atoms with van der Waals surface area (Å²) in [5.74, 6) is 0.0287. The standard InChI is InChI=1S/C12H16INO2/c1-9(8-16-3)14(2)12(15)10-4-6-11(13)7-5-10/h4-7,9H,8H2,1-3H3. The third-order valence-electron chi connectivity index (χ3n) is 2.48. The Labute approximate surface area is 110 Å². The van der Waals surface area contributed by atoms with E-state index in [2.05, 4.69) is 22.6 Å². The van der Waals surface area contributed by atoms with Crippen LogP contribution in [0.15, 0.2) is 24.3 Å². The second-order valence-electron chi connectivity index (χ2n) is 3.73. The van der Waals surface area contributed by atoms with Crippen molar-refractivity contribution in [1.82, 2.24) is 4.90 Å². The zero-order valence-electron chi connectivity index (χ0n) is 9.74. The van der Waals surface area contributed by atoms with Crippen molar-refractivity contribution in [3.63, 3.8) is 0 Å². The molecule has 0 aliphatic heterocycles. The molecule has 4 heteroatoms. The van der Waals surface area contributed by atoms with Crippen molar-refractivity contribution in [3.05, 3.63) is 33.4 Å². The molecular weight excluding hydrogens is 317 g/mol. The van der Waals surface area contributed by atoms with Gasteiger partial charge in [0.25, 0.3) is 5.91 Å². The number of nitrogens with zero attached hydrogens (tertiary/aromatic N) is 1. The van der Waals surface area contributed by atoms with E-state index in [-0.39, 0.29) is 11.9 Å². The Morgan fingerprint density at radius 1 is 1.44 bits per heavy atom. The van der Waals surface area contributed by atoms with Crippen LogP contribution >= 0.6 is 22.6 Å². The lowest BCUT2D eigenvalue weighted by atomic mass is 10.2. The lowest BCUT2D eigenvalue weighted by molar-refractivity contribution is 0.0633. The maximum Gasteiger partial charge on any atom is 0.253 e. The number of rotatable bonds is 4. The molecule has 0 spiro atoms. The summed E-state index contributed by atoms with van der Waals surface area (Å²) in [6.45, 7) is 2.51. The van der Waals surface area contributed by atoms with Gasteiger partial charge >= 0.3 is 0 Å².